The Morgan fingerprint density at radius 1 is 1.32 bits per heavy atom. The minimum Gasteiger partial charge on any atom is -0.469 e. The van der Waals surface area contributed by atoms with Gasteiger partial charge >= 0.3 is 11.9 Å². The van der Waals surface area contributed by atoms with E-state index in [-0.39, 0.29) is 22.6 Å². The summed E-state index contributed by atoms with van der Waals surface area (Å²) in [6, 6.07) is 2.22. The molecule has 0 saturated carbocycles. The van der Waals surface area contributed by atoms with Gasteiger partial charge in [0, 0.05) is 6.07 Å². The highest BCUT2D eigenvalue weighted by atomic mass is 35.5. The fourth-order valence-electron chi connectivity index (χ4n) is 1.41. The summed E-state index contributed by atoms with van der Waals surface area (Å²) in [5.74, 6) is -1.43. The average Bonchev–Trinajstić information content (AvgIpc) is 2.39. The van der Waals surface area contributed by atoms with Gasteiger partial charge in [-0.25, -0.2) is 4.79 Å². The number of hydrogen-bond donors (Lipinski definition) is 0. The maximum Gasteiger partial charge on any atom is 0.338 e. The molecule has 0 N–H and O–H groups in total. The number of carbonyl (C=O) groups is 2. The Balaban J connectivity index is 3.35. The highest BCUT2D eigenvalue weighted by Gasteiger charge is 2.23. The van der Waals surface area contributed by atoms with Crippen LogP contribution in [0.25, 0.3) is 0 Å². The minimum atomic E-state index is -0.755. The van der Waals surface area contributed by atoms with Crippen molar-refractivity contribution in [2.45, 2.75) is 6.42 Å². The third-order valence-corrected chi connectivity index (χ3v) is 2.68. The van der Waals surface area contributed by atoms with Gasteiger partial charge in [0.1, 0.15) is 0 Å². The summed E-state index contributed by atoms with van der Waals surface area (Å²) in [6.07, 6.45) is -0.354. The van der Waals surface area contributed by atoms with Gasteiger partial charge in [0.25, 0.3) is 5.69 Å². The monoisotopic (exact) mass is 287 g/mol. The summed E-state index contributed by atoms with van der Waals surface area (Å²) in [5, 5.41) is 10.9. The SMILES string of the molecule is COC(=O)Cc1c(Cl)cc(C(=O)OC)cc1[N+](=O)[O-]. The first-order valence-electron chi connectivity index (χ1n) is 5.02. The number of nitrogens with zero attached hydrogens (tertiary/aromatic N) is 1. The quantitative estimate of drug-likeness (QED) is 0.475. The van der Waals surface area contributed by atoms with Gasteiger partial charge in [-0.05, 0) is 6.07 Å². The van der Waals surface area contributed by atoms with Gasteiger partial charge in [0.2, 0.25) is 0 Å². The van der Waals surface area contributed by atoms with Crippen LogP contribution in [0.5, 0.6) is 0 Å². The highest BCUT2D eigenvalue weighted by Crippen LogP contribution is 2.29. The Morgan fingerprint density at radius 3 is 2.42 bits per heavy atom. The van der Waals surface area contributed by atoms with Crippen molar-refractivity contribution < 1.29 is 24.0 Å². The van der Waals surface area contributed by atoms with E-state index in [1.807, 2.05) is 0 Å². The van der Waals surface area contributed by atoms with Crippen LogP contribution in [0, 0.1) is 10.1 Å². The Hall–Kier alpha value is -2.15. The van der Waals surface area contributed by atoms with Gasteiger partial charge < -0.3 is 9.47 Å². The fraction of sp³-hybridized carbons (Fsp3) is 0.273. The average molecular weight is 288 g/mol. The molecule has 1 aromatic carbocycles. The predicted molar refractivity (Wildman–Crippen MR) is 65.2 cm³/mol. The third-order valence-electron chi connectivity index (χ3n) is 2.34. The number of ether oxygens (including phenoxy) is 2. The molecule has 1 rings (SSSR count). The molecule has 102 valence electrons. The topological polar surface area (TPSA) is 95.7 Å². The van der Waals surface area contributed by atoms with Crippen LogP contribution in [0.15, 0.2) is 12.1 Å². The predicted octanol–water partition coefficient (Wildman–Crippen LogP) is 1.75. The van der Waals surface area contributed by atoms with E-state index in [2.05, 4.69) is 9.47 Å². The second kappa shape index (κ2) is 6.14. The fourth-order valence-corrected chi connectivity index (χ4v) is 1.69. The highest BCUT2D eigenvalue weighted by molar-refractivity contribution is 6.32. The molecule has 0 aromatic heterocycles. The van der Waals surface area contributed by atoms with Gasteiger partial charge in [0.15, 0.2) is 0 Å². The zero-order chi connectivity index (χ0) is 14.6. The van der Waals surface area contributed by atoms with Gasteiger partial charge in [-0.15, -0.1) is 0 Å². The number of nitro benzene ring substituents is 1. The molecule has 0 aliphatic rings. The van der Waals surface area contributed by atoms with Crippen LogP contribution in [0.2, 0.25) is 5.02 Å². The van der Waals surface area contributed by atoms with Crippen LogP contribution in [0.3, 0.4) is 0 Å². The van der Waals surface area contributed by atoms with Crippen molar-refractivity contribution in [2.75, 3.05) is 14.2 Å². The van der Waals surface area contributed by atoms with Gasteiger partial charge in [-0.1, -0.05) is 11.6 Å². The molecule has 0 aliphatic heterocycles. The van der Waals surface area contributed by atoms with Crippen LogP contribution < -0.4 is 0 Å². The van der Waals surface area contributed by atoms with Crippen LogP contribution in [-0.4, -0.2) is 31.1 Å². The number of rotatable bonds is 4. The molecule has 0 saturated heterocycles. The third kappa shape index (κ3) is 3.41. The molecule has 1 aromatic rings. The zero-order valence-electron chi connectivity index (χ0n) is 10.1. The van der Waals surface area contributed by atoms with E-state index in [9.17, 15) is 19.7 Å². The molecule has 0 atom stereocenters. The Labute approximate surface area is 113 Å². The molecular weight excluding hydrogens is 278 g/mol. The molecule has 0 amide bonds. The van der Waals surface area contributed by atoms with Crippen LogP contribution >= 0.6 is 11.6 Å². The van der Waals surface area contributed by atoms with Crippen LogP contribution in [-0.2, 0) is 20.7 Å². The number of esters is 2. The smallest absolute Gasteiger partial charge is 0.338 e. The summed E-state index contributed by atoms with van der Waals surface area (Å²) < 4.78 is 8.89. The lowest BCUT2D eigenvalue weighted by Gasteiger charge is -2.07. The maximum absolute atomic E-state index is 11.3. The molecule has 0 spiro atoms. The summed E-state index contributed by atoms with van der Waals surface area (Å²) in [6.45, 7) is 0. The molecule has 8 heteroatoms. The van der Waals surface area contributed by atoms with Crippen LogP contribution in [0.4, 0.5) is 5.69 Å². The minimum absolute atomic E-state index is 0.00818. The molecule has 0 radical (unpaired) electrons. The molecule has 0 bridgehead atoms. The summed E-state index contributed by atoms with van der Waals surface area (Å²) in [4.78, 5) is 32.7. The molecule has 7 nitrogen and oxygen atoms in total. The zero-order valence-corrected chi connectivity index (χ0v) is 10.9. The maximum atomic E-state index is 11.3. The van der Waals surface area contributed by atoms with E-state index < -0.39 is 22.5 Å². The molecule has 19 heavy (non-hydrogen) atoms. The van der Waals surface area contributed by atoms with E-state index >= 15 is 0 Å². The number of nitro groups is 1. The van der Waals surface area contributed by atoms with Crippen molar-refractivity contribution in [2.24, 2.45) is 0 Å². The van der Waals surface area contributed by atoms with Crippen molar-refractivity contribution >= 4 is 29.2 Å². The molecule has 0 unspecified atom stereocenters. The van der Waals surface area contributed by atoms with Crippen molar-refractivity contribution in [3.8, 4) is 0 Å². The summed E-state index contributed by atoms with van der Waals surface area (Å²) >= 11 is 5.86. The first-order chi connectivity index (χ1) is 8.90. The number of halogens is 1. The lowest BCUT2D eigenvalue weighted by molar-refractivity contribution is -0.385. The Kier molecular flexibility index (Phi) is 4.82. The number of methoxy groups -OCH3 is 2. The second-order valence-corrected chi connectivity index (χ2v) is 3.86. The van der Waals surface area contributed by atoms with Crippen LogP contribution in [0.1, 0.15) is 15.9 Å². The van der Waals surface area contributed by atoms with Crippen molar-refractivity contribution in [3.05, 3.63) is 38.4 Å². The van der Waals surface area contributed by atoms with Crippen molar-refractivity contribution in [1.82, 2.24) is 0 Å². The Bertz CT molecular complexity index is 542. The largest absolute Gasteiger partial charge is 0.469 e. The van der Waals surface area contributed by atoms with E-state index in [0.717, 1.165) is 20.3 Å². The van der Waals surface area contributed by atoms with E-state index in [0.29, 0.717) is 0 Å². The molecule has 0 fully saturated rings. The Morgan fingerprint density at radius 2 is 1.95 bits per heavy atom. The van der Waals surface area contributed by atoms with Gasteiger partial charge in [0.05, 0.1) is 41.7 Å². The molecular formula is C11H10ClNO6. The molecule has 0 heterocycles. The number of benzene rings is 1. The van der Waals surface area contributed by atoms with Crippen molar-refractivity contribution in [3.63, 3.8) is 0 Å². The molecule has 0 aliphatic carbocycles. The summed E-state index contributed by atoms with van der Waals surface area (Å²) in [5.41, 5.74) is -0.503. The number of hydrogen-bond acceptors (Lipinski definition) is 6. The standard InChI is InChI=1S/C11H10ClNO6/c1-18-10(14)5-7-8(12)3-6(11(15)19-2)4-9(7)13(16)17/h3-4H,5H2,1-2H3. The van der Waals surface area contributed by atoms with Crippen molar-refractivity contribution in [1.29, 1.82) is 0 Å². The first-order valence-corrected chi connectivity index (χ1v) is 5.40. The van der Waals surface area contributed by atoms with E-state index in [1.54, 1.807) is 0 Å². The second-order valence-electron chi connectivity index (χ2n) is 3.46. The van der Waals surface area contributed by atoms with E-state index in [1.165, 1.54) is 6.07 Å². The van der Waals surface area contributed by atoms with Gasteiger partial charge in [-0.2, -0.15) is 0 Å². The van der Waals surface area contributed by atoms with E-state index in [4.69, 9.17) is 11.6 Å². The normalized spacial score (nSPS) is 9.84. The number of carbonyl (C=O) groups excluding carboxylic acids is 2. The van der Waals surface area contributed by atoms with Gasteiger partial charge in [-0.3, -0.25) is 14.9 Å². The lowest BCUT2D eigenvalue weighted by atomic mass is 10.1. The first kappa shape index (κ1) is 14.9. The lowest BCUT2D eigenvalue weighted by Crippen LogP contribution is -2.09. The summed E-state index contributed by atoms with van der Waals surface area (Å²) in [7, 11) is 2.30.